The first-order valence-corrected chi connectivity index (χ1v) is 7.00. The molecule has 1 aliphatic heterocycles. The first kappa shape index (κ1) is 12.1. The van der Waals surface area contributed by atoms with E-state index in [1.165, 1.54) is 24.0 Å². The smallest absolute Gasteiger partial charge is 0.218 e. The quantitative estimate of drug-likeness (QED) is 0.760. The molecule has 0 unspecified atom stereocenters. The number of aromatic amines is 2. The Kier molecular flexibility index (Phi) is 2.88. The molecule has 0 radical (unpaired) electrons. The molecule has 3 aromatic rings. The average molecular weight is 281 g/mol. The number of benzene rings is 1. The van der Waals surface area contributed by atoms with Crippen molar-refractivity contribution < 1.29 is 0 Å². The molecule has 106 valence electrons. The van der Waals surface area contributed by atoms with E-state index in [1.54, 1.807) is 0 Å². The first-order chi connectivity index (χ1) is 10.4. The van der Waals surface area contributed by atoms with Gasteiger partial charge in [-0.15, -0.1) is 5.10 Å². The second-order valence-electron chi connectivity index (χ2n) is 5.09. The van der Waals surface area contributed by atoms with Crippen molar-refractivity contribution in [3.05, 3.63) is 42.0 Å². The van der Waals surface area contributed by atoms with Gasteiger partial charge >= 0.3 is 0 Å². The predicted molar refractivity (Wildman–Crippen MR) is 77.6 cm³/mol. The van der Waals surface area contributed by atoms with E-state index in [2.05, 4.69) is 59.5 Å². The van der Waals surface area contributed by atoms with Gasteiger partial charge in [0.25, 0.3) is 0 Å². The van der Waals surface area contributed by atoms with E-state index in [-0.39, 0.29) is 0 Å². The molecule has 0 spiro atoms. The number of para-hydroxylation sites is 1. The van der Waals surface area contributed by atoms with Crippen molar-refractivity contribution in [2.75, 3.05) is 11.4 Å². The molecule has 0 saturated heterocycles. The number of nitrogens with one attached hydrogen (secondary N) is 2. The van der Waals surface area contributed by atoms with Crippen LogP contribution in [0.15, 0.2) is 30.6 Å². The highest BCUT2D eigenvalue weighted by Gasteiger charge is 2.18. The molecule has 0 aliphatic carbocycles. The van der Waals surface area contributed by atoms with Gasteiger partial charge in [0.1, 0.15) is 12.2 Å². The van der Waals surface area contributed by atoms with Gasteiger partial charge in [0.05, 0.1) is 6.54 Å². The summed E-state index contributed by atoms with van der Waals surface area (Å²) in [5.74, 6) is 1.96. The lowest BCUT2D eigenvalue weighted by Gasteiger charge is -2.30. The van der Waals surface area contributed by atoms with Crippen molar-refractivity contribution in [1.82, 2.24) is 30.4 Å². The van der Waals surface area contributed by atoms with Crippen LogP contribution in [0.5, 0.6) is 0 Å². The summed E-state index contributed by atoms with van der Waals surface area (Å²) in [4.78, 5) is 10.9. The number of aryl methyl sites for hydroxylation is 1. The summed E-state index contributed by atoms with van der Waals surface area (Å²) in [6.07, 6.45) is 3.76. The lowest BCUT2D eigenvalue weighted by molar-refractivity contribution is 0.675. The Hall–Kier alpha value is -2.70. The van der Waals surface area contributed by atoms with E-state index in [9.17, 15) is 0 Å². The Morgan fingerprint density at radius 3 is 3.05 bits per heavy atom. The normalized spacial score (nSPS) is 14.2. The van der Waals surface area contributed by atoms with E-state index >= 15 is 0 Å². The largest absolute Gasteiger partial charge is 0.364 e. The van der Waals surface area contributed by atoms with Gasteiger partial charge in [-0.2, -0.15) is 5.10 Å². The van der Waals surface area contributed by atoms with E-state index < -0.39 is 0 Å². The van der Waals surface area contributed by atoms with Crippen LogP contribution >= 0.6 is 0 Å². The van der Waals surface area contributed by atoms with Crippen molar-refractivity contribution in [2.45, 2.75) is 19.4 Å². The highest BCUT2D eigenvalue weighted by Crippen LogP contribution is 2.27. The third-order valence-electron chi connectivity index (χ3n) is 3.71. The molecular weight excluding hydrogens is 266 g/mol. The first-order valence-electron chi connectivity index (χ1n) is 7.00. The molecule has 1 aliphatic rings. The fourth-order valence-corrected chi connectivity index (χ4v) is 2.74. The minimum absolute atomic E-state index is 0.549. The molecule has 2 N–H and O–H groups in total. The van der Waals surface area contributed by atoms with Gasteiger partial charge in [-0.05, 0) is 24.5 Å². The Balaban J connectivity index is 1.57. The number of rotatable bonds is 3. The van der Waals surface area contributed by atoms with E-state index in [0.717, 1.165) is 25.3 Å². The molecule has 2 aromatic heterocycles. The van der Waals surface area contributed by atoms with Gasteiger partial charge in [0, 0.05) is 12.2 Å². The Morgan fingerprint density at radius 1 is 1.19 bits per heavy atom. The maximum absolute atomic E-state index is 4.48. The standard InChI is InChI=1S/C14H15N7/c1-2-6-11-10(4-1)5-3-7-21(11)8-12-17-14(20-18-12)13-15-9-16-19-13/h1-2,4,6,9H,3,5,7-8H2,(H,15,16,19)(H,17,18,20). The van der Waals surface area contributed by atoms with Crippen molar-refractivity contribution in [2.24, 2.45) is 0 Å². The summed E-state index contributed by atoms with van der Waals surface area (Å²) in [6.45, 7) is 1.76. The lowest BCUT2D eigenvalue weighted by Crippen LogP contribution is -2.29. The molecule has 4 rings (SSSR count). The van der Waals surface area contributed by atoms with Gasteiger partial charge in [-0.3, -0.25) is 10.2 Å². The average Bonchev–Trinajstić information content (AvgIpc) is 3.18. The SMILES string of the molecule is c1ccc2c(c1)CCCN2Cc1nc(-c2ncn[nH]2)n[nH]1. The molecular formula is C14H15N7. The molecule has 1 aromatic carbocycles. The third-order valence-corrected chi connectivity index (χ3v) is 3.71. The van der Waals surface area contributed by atoms with E-state index in [1.807, 2.05) is 0 Å². The number of H-pyrrole nitrogens is 2. The van der Waals surface area contributed by atoms with Crippen LogP contribution in [0.4, 0.5) is 5.69 Å². The topological polar surface area (TPSA) is 86.4 Å². The molecule has 21 heavy (non-hydrogen) atoms. The van der Waals surface area contributed by atoms with Gasteiger partial charge in [0.2, 0.25) is 5.82 Å². The lowest BCUT2D eigenvalue weighted by atomic mass is 10.0. The number of hydrogen-bond acceptors (Lipinski definition) is 5. The van der Waals surface area contributed by atoms with Crippen molar-refractivity contribution in [1.29, 1.82) is 0 Å². The van der Waals surface area contributed by atoms with Crippen LogP contribution < -0.4 is 4.90 Å². The van der Waals surface area contributed by atoms with Gasteiger partial charge in [-0.25, -0.2) is 9.97 Å². The summed E-state index contributed by atoms with van der Waals surface area (Å²) in [6, 6.07) is 8.54. The van der Waals surface area contributed by atoms with Gasteiger partial charge in [-0.1, -0.05) is 18.2 Å². The van der Waals surface area contributed by atoms with Crippen LogP contribution in [-0.2, 0) is 13.0 Å². The van der Waals surface area contributed by atoms with Crippen LogP contribution in [0.25, 0.3) is 11.6 Å². The van der Waals surface area contributed by atoms with E-state index in [0.29, 0.717) is 11.6 Å². The van der Waals surface area contributed by atoms with Crippen LogP contribution in [0.3, 0.4) is 0 Å². The van der Waals surface area contributed by atoms with Gasteiger partial charge < -0.3 is 4.90 Å². The number of fused-ring (bicyclic) bond motifs is 1. The van der Waals surface area contributed by atoms with Crippen LogP contribution in [0, 0.1) is 0 Å². The van der Waals surface area contributed by atoms with Crippen LogP contribution in [0.1, 0.15) is 17.8 Å². The zero-order valence-electron chi connectivity index (χ0n) is 11.5. The Bertz CT molecular complexity index is 731. The second-order valence-corrected chi connectivity index (χ2v) is 5.09. The van der Waals surface area contributed by atoms with Crippen molar-refractivity contribution in [3.8, 4) is 11.6 Å². The highest BCUT2D eigenvalue weighted by molar-refractivity contribution is 5.55. The summed E-state index contributed by atoms with van der Waals surface area (Å²) in [5.41, 5.74) is 2.69. The second kappa shape index (κ2) is 5.01. The monoisotopic (exact) mass is 281 g/mol. The zero-order chi connectivity index (χ0) is 14.1. The molecule has 0 atom stereocenters. The maximum atomic E-state index is 4.48. The summed E-state index contributed by atoms with van der Waals surface area (Å²) in [7, 11) is 0. The van der Waals surface area contributed by atoms with Crippen molar-refractivity contribution in [3.63, 3.8) is 0 Å². The van der Waals surface area contributed by atoms with E-state index in [4.69, 9.17) is 0 Å². The Labute approximate surface area is 121 Å². The van der Waals surface area contributed by atoms with Crippen LogP contribution in [-0.4, -0.2) is 36.9 Å². The summed E-state index contributed by atoms with van der Waals surface area (Å²) < 4.78 is 0. The minimum atomic E-state index is 0.549. The fraction of sp³-hybridized carbons (Fsp3) is 0.286. The number of anilines is 1. The number of hydrogen-bond donors (Lipinski definition) is 2. The fourth-order valence-electron chi connectivity index (χ4n) is 2.74. The molecule has 0 saturated carbocycles. The zero-order valence-corrected chi connectivity index (χ0v) is 11.5. The molecule has 0 fully saturated rings. The molecule has 3 heterocycles. The highest BCUT2D eigenvalue weighted by atomic mass is 15.3. The van der Waals surface area contributed by atoms with Gasteiger partial charge in [0.15, 0.2) is 5.82 Å². The maximum Gasteiger partial charge on any atom is 0.218 e. The molecule has 0 bridgehead atoms. The van der Waals surface area contributed by atoms with Crippen molar-refractivity contribution >= 4 is 5.69 Å². The molecule has 7 heteroatoms. The Morgan fingerprint density at radius 2 is 2.14 bits per heavy atom. The summed E-state index contributed by atoms with van der Waals surface area (Å²) >= 11 is 0. The number of nitrogens with zero attached hydrogens (tertiary/aromatic N) is 5. The predicted octanol–water partition coefficient (Wildman–Crippen LogP) is 1.54. The third kappa shape index (κ3) is 2.26. The van der Waals surface area contributed by atoms with Crippen LogP contribution in [0.2, 0.25) is 0 Å². The number of aromatic nitrogens is 6. The summed E-state index contributed by atoms with van der Waals surface area (Å²) in [5, 5.41) is 13.7. The molecule has 7 nitrogen and oxygen atoms in total. The minimum Gasteiger partial charge on any atom is -0.364 e. The molecule has 0 amide bonds.